The molecule has 1 aromatic rings. The first-order chi connectivity index (χ1) is 9.58. The second kappa shape index (κ2) is 6.67. The van der Waals surface area contributed by atoms with Crippen molar-refractivity contribution in [2.24, 2.45) is 11.1 Å². The number of benzene rings is 1. The van der Waals surface area contributed by atoms with Crippen molar-refractivity contribution in [3.05, 3.63) is 33.9 Å². The van der Waals surface area contributed by atoms with E-state index in [1.54, 1.807) is 19.1 Å². The maximum absolute atomic E-state index is 11.9. The minimum absolute atomic E-state index is 0.00760. The highest BCUT2D eigenvalue weighted by molar-refractivity contribution is 5.91. The van der Waals surface area contributed by atoms with Gasteiger partial charge in [0.15, 0.2) is 0 Å². The van der Waals surface area contributed by atoms with E-state index in [1.165, 1.54) is 6.07 Å². The Labute approximate surface area is 124 Å². The molecule has 1 rings (SSSR count). The summed E-state index contributed by atoms with van der Waals surface area (Å²) < 4.78 is 0. The monoisotopic (exact) mass is 293 g/mol. The molecule has 0 radical (unpaired) electrons. The van der Waals surface area contributed by atoms with Gasteiger partial charge in [-0.05, 0) is 24.8 Å². The van der Waals surface area contributed by atoms with Gasteiger partial charge in [0.1, 0.15) is 0 Å². The molecule has 0 aliphatic heterocycles. The molecule has 0 aliphatic carbocycles. The number of amides is 1. The van der Waals surface area contributed by atoms with E-state index in [1.807, 2.05) is 0 Å². The molecule has 116 valence electrons. The van der Waals surface area contributed by atoms with Crippen LogP contribution in [-0.2, 0) is 4.79 Å². The first-order valence-electron chi connectivity index (χ1n) is 6.89. The molecule has 6 nitrogen and oxygen atoms in total. The van der Waals surface area contributed by atoms with Crippen molar-refractivity contribution >= 4 is 17.3 Å². The Morgan fingerprint density at radius 1 is 1.43 bits per heavy atom. The third kappa shape index (κ3) is 5.91. The van der Waals surface area contributed by atoms with Gasteiger partial charge < -0.3 is 11.1 Å². The summed E-state index contributed by atoms with van der Waals surface area (Å²) in [6.45, 7) is 7.85. The largest absolute Gasteiger partial charge is 0.327 e. The number of hydrogen-bond acceptors (Lipinski definition) is 4. The lowest BCUT2D eigenvalue weighted by atomic mass is 9.87. The van der Waals surface area contributed by atoms with Crippen molar-refractivity contribution in [1.29, 1.82) is 0 Å². The minimum atomic E-state index is -0.462. The molecule has 0 saturated carbocycles. The number of hydrogen-bond donors (Lipinski definition) is 2. The van der Waals surface area contributed by atoms with E-state index in [9.17, 15) is 14.9 Å². The zero-order valence-electron chi connectivity index (χ0n) is 13.0. The van der Waals surface area contributed by atoms with Crippen LogP contribution in [0.25, 0.3) is 0 Å². The van der Waals surface area contributed by atoms with Gasteiger partial charge >= 0.3 is 0 Å². The van der Waals surface area contributed by atoms with Crippen LogP contribution in [0, 0.1) is 22.5 Å². The van der Waals surface area contributed by atoms with Gasteiger partial charge in [-0.1, -0.05) is 26.8 Å². The summed E-state index contributed by atoms with van der Waals surface area (Å²) in [5.41, 5.74) is 6.97. The molecule has 1 atom stereocenters. The molecular formula is C15H23N3O3. The molecule has 0 heterocycles. The van der Waals surface area contributed by atoms with Crippen LogP contribution in [0.1, 0.15) is 39.2 Å². The summed E-state index contributed by atoms with van der Waals surface area (Å²) in [7, 11) is 0. The van der Waals surface area contributed by atoms with Gasteiger partial charge in [0.05, 0.1) is 4.92 Å². The van der Waals surface area contributed by atoms with E-state index in [-0.39, 0.29) is 29.5 Å². The molecule has 0 fully saturated rings. The molecule has 0 saturated heterocycles. The Kier molecular flexibility index (Phi) is 5.43. The number of carbonyl (C=O) groups is 1. The lowest BCUT2D eigenvalue weighted by Crippen LogP contribution is -2.31. The number of nitro benzene ring substituents is 1. The Morgan fingerprint density at radius 3 is 2.57 bits per heavy atom. The van der Waals surface area contributed by atoms with Crippen molar-refractivity contribution in [3.63, 3.8) is 0 Å². The maximum Gasteiger partial charge on any atom is 0.274 e. The second-order valence-corrected chi connectivity index (χ2v) is 6.54. The smallest absolute Gasteiger partial charge is 0.274 e. The standard InChI is InChI=1S/C15H23N3O3/c1-10-5-6-12(8-13(10)18(20)21)17-14(19)7-11(16)9-15(2,3)4/h5-6,8,11H,7,9,16H2,1-4H3,(H,17,19). The van der Waals surface area contributed by atoms with Crippen molar-refractivity contribution in [3.8, 4) is 0 Å². The fourth-order valence-electron chi connectivity index (χ4n) is 2.19. The fraction of sp³-hybridized carbons (Fsp3) is 0.533. The van der Waals surface area contributed by atoms with Crippen LogP contribution < -0.4 is 11.1 Å². The lowest BCUT2D eigenvalue weighted by Gasteiger charge is -2.22. The molecule has 0 spiro atoms. The van der Waals surface area contributed by atoms with Crippen LogP contribution in [0.15, 0.2) is 18.2 Å². The fourth-order valence-corrected chi connectivity index (χ4v) is 2.19. The third-order valence-corrected chi connectivity index (χ3v) is 3.01. The Morgan fingerprint density at radius 2 is 2.05 bits per heavy atom. The SMILES string of the molecule is Cc1ccc(NC(=O)CC(N)CC(C)(C)C)cc1[N+](=O)[O-]. The highest BCUT2D eigenvalue weighted by atomic mass is 16.6. The minimum Gasteiger partial charge on any atom is -0.327 e. The number of nitrogens with two attached hydrogens (primary N) is 1. The van der Waals surface area contributed by atoms with Crippen LogP contribution in [0.4, 0.5) is 11.4 Å². The quantitative estimate of drug-likeness (QED) is 0.644. The topological polar surface area (TPSA) is 98.3 Å². The summed E-state index contributed by atoms with van der Waals surface area (Å²) in [5, 5.41) is 13.5. The van der Waals surface area contributed by atoms with Crippen molar-refractivity contribution < 1.29 is 9.72 Å². The first kappa shape index (κ1) is 17.1. The van der Waals surface area contributed by atoms with Crippen LogP contribution in [0.5, 0.6) is 0 Å². The average Bonchev–Trinajstić information content (AvgIpc) is 2.28. The predicted octanol–water partition coefficient (Wildman–Crippen LogP) is 3.00. The summed E-state index contributed by atoms with van der Waals surface area (Å²) >= 11 is 0. The molecule has 0 aliphatic rings. The average molecular weight is 293 g/mol. The molecule has 0 bridgehead atoms. The number of carbonyl (C=O) groups excluding carboxylic acids is 1. The summed E-state index contributed by atoms with van der Waals surface area (Å²) in [4.78, 5) is 22.3. The van der Waals surface area contributed by atoms with E-state index < -0.39 is 4.92 Å². The molecule has 3 N–H and O–H groups in total. The molecule has 1 aromatic carbocycles. The molecule has 0 aromatic heterocycles. The van der Waals surface area contributed by atoms with Crippen molar-refractivity contribution in [1.82, 2.24) is 0 Å². The predicted molar refractivity (Wildman–Crippen MR) is 83.1 cm³/mol. The van der Waals surface area contributed by atoms with E-state index in [2.05, 4.69) is 26.1 Å². The van der Waals surface area contributed by atoms with E-state index >= 15 is 0 Å². The van der Waals surface area contributed by atoms with E-state index in [0.717, 1.165) is 6.42 Å². The van der Waals surface area contributed by atoms with Gasteiger partial charge in [-0.25, -0.2) is 0 Å². The highest BCUT2D eigenvalue weighted by Gasteiger charge is 2.19. The molecule has 1 unspecified atom stereocenters. The number of anilines is 1. The van der Waals surface area contributed by atoms with Crippen LogP contribution in [0.2, 0.25) is 0 Å². The number of aryl methyl sites for hydroxylation is 1. The number of rotatable bonds is 5. The highest BCUT2D eigenvalue weighted by Crippen LogP contribution is 2.23. The van der Waals surface area contributed by atoms with Gasteiger partial charge in [0.2, 0.25) is 5.91 Å². The van der Waals surface area contributed by atoms with Crippen molar-refractivity contribution in [2.45, 2.75) is 46.6 Å². The molecule has 1 amide bonds. The Bertz CT molecular complexity index is 535. The van der Waals surface area contributed by atoms with Gasteiger partial charge in [0.25, 0.3) is 5.69 Å². The van der Waals surface area contributed by atoms with Gasteiger partial charge in [0, 0.05) is 29.8 Å². The summed E-state index contributed by atoms with van der Waals surface area (Å²) in [6, 6.07) is 4.39. The zero-order chi connectivity index (χ0) is 16.2. The summed E-state index contributed by atoms with van der Waals surface area (Å²) in [5.74, 6) is -0.232. The zero-order valence-corrected chi connectivity index (χ0v) is 13.0. The van der Waals surface area contributed by atoms with Crippen LogP contribution in [0.3, 0.4) is 0 Å². The van der Waals surface area contributed by atoms with Gasteiger partial charge in [-0.3, -0.25) is 14.9 Å². The van der Waals surface area contributed by atoms with E-state index in [4.69, 9.17) is 5.73 Å². The molecule has 6 heteroatoms. The van der Waals surface area contributed by atoms with Gasteiger partial charge in [-0.15, -0.1) is 0 Å². The number of nitrogens with zero attached hydrogens (tertiary/aromatic N) is 1. The third-order valence-electron chi connectivity index (χ3n) is 3.01. The number of nitrogens with one attached hydrogen (secondary N) is 1. The maximum atomic E-state index is 11.9. The van der Waals surface area contributed by atoms with E-state index in [0.29, 0.717) is 11.3 Å². The van der Waals surface area contributed by atoms with Crippen LogP contribution in [-0.4, -0.2) is 16.9 Å². The summed E-state index contributed by atoms with van der Waals surface area (Å²) in [6.07, 6.45) is 0.924. The molecule has 21 heavy (non-hydrogen) atoms. The second-order valence-electron chi connectivity index (χ2n) is 6.54. The van der Waals surface area contributed by atoms with Gasteiger partial charge in [-0.2, -0.15) is 0 Å². The Hall–Kier alpha value is -1.95. The normalized spacial score (nSPS) is 12.8. The number of nitro groups is 1. The lowest BCUT2D eigenvalue weighted by molar-refractivity contribution is -0.385. The Balaban J connectivity index is 2.67. The van der Waals surface area contributed by atoms with Crippen LogP contribution >= 0.6 is 0 Å². The van der Waals surface area contributed by atoms with Crippen molar-refractivity contribution in [2.75, 3.05) is 5.32 Å². The first-order valence-corrected chi connectivity index (χ1v) is 6.89. The molecular weight excluding hydrogens is 270 g/mol.